The van der Waals surface area contributed by atoms with E-state index in [4.69, 9.17) is 5.73 Å². The van der Waals surface area contributed by atoms with E-state index in [2.05, 4.69) is 9.88 Å². The van der Waals surface area contributed by atoms with Gasteiger partial charge in [0.25, 0.3) is 0 Å². The predicted molar refractivity (Wildman–Crippen MR) is 73.1 cm³/mol. The van der Waals surface area contributed by atoms with Gasteiger partial charge in [0, 0.05) is 6.54 Å². The number of nitrogens with zero attached hydrogens (tertiary/aromatic N) is 4. The Morgan fingerprint density at radius 2 is 2.20 bits per heavy atom. The summed E-state index contributed by atoms with van der Waals surface area (Å²) in [5.74, 6) is 0.351. The van der Waals surface area contributed by atoms with E-state index in [1.54, 1.807) is 0 Å². The number of aliphatic hydroxyl groups excluding tert-OH is 1. The average molecular weight is 283 g/mol. The second-order valence-electron chi connectivity index (χ2n) is 5.27. The van der Waals surface area contributed by atoms with Crippen LogP contribution in [0.4, 0.5) is 5.95 Å². The van der Waals surface area contributed by atoms with Gasteiger partial charge in [-0.1, -0.05) is 4.98 Å². The number of β-amino-alcohol motifs (C(OH)–C–C–N with tert-alkyl or cyclic N) is 1. The molecular weight excluding hydrogens is 262 g/mol. The molecule has 0 saturated carbocycles. The lowest BCUT2D eigenvalue weighted by Gasteiger charge is -2.32. The Bertz CT molecular complexity index is 442. The monoisotopic (exact) mass is 283 g/mol. The van der Waals surface area contributed by atoms with E-state index in [-0.39, 0.29) is 12.5 Å². The minimum atomic E-state index is -0.641. The van der Waals surface area contributed by atoms with Gasteiger partial charge in [-0.05, 0) is 43.3 Å². The van der Waals surface area contributed by atoms with Crippen molar-refractivity contribution in [1.82, 2.24) is 14.5 Å². The molecule has 1 aliphatic heterocycles. The Morgan fingerprint density at radius 1 is 1.50 bits per heavy atom. The lowest BCUT2D eigenvalue weighted by atomic mass is 9.97. The van der Waals surface area contributed by atoms with Crippen LogP contribution in [0.3, 0.4) is 0 Å². The molecular formula is C12H21N5O3. The minimum absolute atomic E-state index is 0.188. The zero-order chi connectivity index (χ0) is 14.5. The van der Waals surface area contributed by atoms with E-state index in [0.717, 1.165) is 32.5 Å². The molecule has 2 heterocycles. The number of nitrogens with two attached hydrogens (primary N) is 1. The summed E-state index contributed by atoms with van der Waals surface area (Å²) in [4.78, 5) is 16.0. The van der Waals surface area contributed by atoms with Crippen molar-refractivity contribution in [2.45, 2.75) is 25.5 Å². The summed E-state index contributed by atoms with van der Waals surface area (Å²) >= 11 is 0. The molecule has 0 radical (unpaired) electrons. The largest absolute Gasteiger partial charge is 0.434 e. The molecule has 8 nitrogen and oxygen atoms in total. The number of nitro groups is 1. The normalized spacial score (nSPS) is 19.1. The first kappa shape index (κ1) is 14.9. The first-order chi connectivity index (χ1) is 9.60. The molecule has 1 fully saturated rings. The summed E-state index contributed by atoms with van der Waals surface area (Å²) < 4.78 is 1.37. The number of rotatable bonds is 6. The highest BCUT2D eigenvalue weighted by Gasteiger charge is 2.22. The first-order valence-corrected chi connectivity index (χ1v) is 6.86. The number of piperidine rings is 1. The maximum Gasteiger partial charge on any atom is 0.434 e. The topological polar surface area (TPSA) is 110 Å². The van der Waals surface area contributed by atoms with Crippen molar-refractivity contribution in [3.8, 4) is 0 Å². The molecule has 0 aromatic carbocycles. The second-order valence-corrected chi connectivity index (χ2v) is 5.27. The number of likely N-dealkylation sites (tertiary alicyclic amines) is 1. The number of imidazole rings is 1. The van der Waals surface area contributed by atoms with Gasteiger partial charge < -0.3 is 25.9 Å². The van der Waals surface area contributed by atoms with Crippen LogP contribution in [0.1, 0.15) is 12.8 Å². The molecule has 1 aliphatic rings. The van der Waals surface area contributed by atoms with Gasteiger partial charge in [-0.2, -0.15) is 0 Å². The minimum Gasteiger partial charge on any atom is -0.390 e. The van der Waals surface area contributed by atoms with Gasteiger partial charge in [0.05, 0.1) is 12.6 Å². The summed E-state index contributed by atoms with van der Waals surface area (Å²) in [5, 5.41) is 20.8. The summed E-state index contributed by atoms with van der Waals surface area (Å²) in [6.07, 6.45) is 4.35. The van der Waals surface area contributed by atoms with Gasteiger partial charge in [-0.3, -0.25) is 0 Å². The fourth-order valence-electron chi connectivity index (χ4n) is 2.60. The standard InChI is InChI=1S/C12H21N5O3/c13-7-10-1-4-15(5-2-10)8-11(18)9-16-6-3-14-12(16)17(19)20/h3,6,10-11,18H,1-2,4-5,7-9,13H2. The molecule has 3 N–H and O–H groups in total. The molecule has 1 aromatic rings. The van der Waals surface area contributed by atoms with Crippen LogP contribution in [0.25, 0.3) is 0 Å². The molecule has 0 spiro atoms. The molecule has 0 aliphatic carbocycles. The van der Waals surface area contributed by atoms with Crippen molar-refractivity contribution >= 4 is 5.95 Å². The van der Waals surface area contributed by atoms with Crippen LogP contribution in [0.15, 0.2) is 12.4 Å². The van der Waals surface area contributed by atoms with Crippen molar-refractivity contribution in [2.75, 3.05) is 26.2 Å². The summed E-state index contributed by atoms with van der Waals surface area (Å²) in [7, 11) is 0. The van der Waals surface area contributed by atoms with Crippen molar-refractivity contribution in [3.05, 3.63) is 22.5 Å². The van der Waals surface area contributed by atoms with Crippen LogP contribution in [0.5, 0.6) is 0 Å². The van der Waals surface area contributed by atoms with Crippen molar-refractivity contribution in [3.63, 3.8) is 0 Å². The molecule has 20 heavy (non-hydrogen) atoms. The maximum absolute atomic E-state index is 10.7. The molecule has 1 atom stereocenters. The molecule has 112 valence electrons. The lowest BCUT2D eigenvalue weighted by molar-refractivity contribution is -0.397. The average Bonchev–Trinajstić information content (AvgIpc) is 2.87. The molecule has 1 saturated heterocycles. The zero-order valence-corrected chi connectivity index (χ0v) is 11.4. The van der Waals surface area contributed by atoms with Crippen molar-refractivity contribution < 1.29 is 10.0 Å². The highest BCUT2D eigenvalue weighted by molar-refractivity contribution is 5.06. The van der Waals surface area contributed by atoms with E-state index in [9.17, 15) is 15.2 Å². The van der Waals surface area contributed by atoms with Crippen LogP contribution >= 0.6 is 0 Å². The quantitative estimate of drug-likeness (QED) is 0.553. The van der Waals surface area contributed by atoms with Crippen LogP contribution in [-0.2, 0) is 6.54 Å². The van der Waals surface area contributed by atoms with Crippen molar-refractivity contribution in [2.24, 2.45) is 11.7 Å². The Kier molecular flexibility index (Phi) is 5.05. The smallest absolute Gasteiger partial charge is 0.390 e. The molecule has 0 amide bonds. The van der Waals surface area contributed by atoms with Crippen LogP contribution in [0.2, 0.25) is 0 Å². The number of hydrogen-bond acceptors (Lipinski definition) is 6. The van der Waals surface area contributed by atoms with Crippen LogP contribution in [-0.4, -0.2) is 56.8 Å². The maximum atomic E-state index is 10.7. The highest BCUT2D eigenvalue weighted by atomic mass is 16.6. The van der Waals surface area contributed by atoms with E-state index in [1.165, 1.54) is 17.0 Å². The molecule has 0 bridgehead atoms. The SMILES string of the molecule is NCC1CCN(CC(O)Cn2ccnc2[N+](=O)[O-])CC1. The Hall–Kier alpha value is -1.51. The third-order valence-electron chi connectivity index (χ3n) is 3.77. The van der Waals surface area contributed by atoms with Crippen LogP contribution < -0.4 is 5.73 Å². The first-order valence-electron chi connectivity index (χ1n) is 6.86. The zero-order valence-electron chi connectivity index (χ0n) is 11.4. The van der Waals surface area contributed by atoms with Crippen LogP contribution in [0, 0.1) is 16.0 Å². The Labute approximate surface area is 117 Å². The number of aliphatic hydroxyl groups is 1. The van der Waals surface area contributed by atoms with Gasteiger partial charge in [-0.15, -0.1) is 0 Å². The molecule has 2 rings (SSSR count). The van der Waals surface area contributed by atoms with Gasteiger partial charge in [0.1, 0.15) is 12.4 Å². The molecule has 1 aromatic heterocycles. The fraction of sp³-hybridized carbons (Fsp3) is 0.750. The summed E-state index contributed by atoms with van der Waals surface area (Å²) in [6.45, 7) is 3.27. The third-order valence-corrected chi connectivity index (χ3v) is 3.77. The van der Waals surface area contributed by atoms with Crippen molar-refractivity contribution in [1.29, 1.82) is 0 Å². The van der Waals surface area contributed by atoms with Gasteiger partial charge in [0.2, 0.25) is 0 Å². The Balaban J connectivity index is 1.82. The Morgan fingerprint density at radius 3 is 2.80 bits per heavy atom. The van der Waals surface area contributed by atoms with E-state index in [0.29, 0.717) is 12.5 Å². The summed E-state index contributed by atoms with van der Waals surface area (Å²) in [6, 6.07) is 0. The molecule has 1 unspecified atom stereocenters. The fourth-order valence-corrected chi connectivity index (χ4v) is 2.60. The predicted octanol–water partition coefficient (Wildman–Crippen LogP) is -0.177. The third kappa shape index (κ3) is 3.75. The number of hydrogen-bond donors (Lipinski definition) is 2. The van der Waals surface area contributed by atoms with Gasteiger partial charge >= 0.3 is 5.95 Å². The number of aromatic nitrogens is 2. The van der Waals surface area contributed by atoms with Gasteiger partial charge in [-0.25, -0.2) is 4.57 Å². The molecule has 8 heteroatoms. The lowest BCUT2D eigenvalue weighted by Crippen LogP contribution is -2.41. The van der Waals surface area contributed by atoms with E-state index < -0.39 is 11.0 Å². The highest BCUT2D eigenvalue weighted by Crippen LogP contribution is 2.16. The summed E-state index contributed by atoms with van der Waals surface area (Å²) in [5.41, 5.74) is 5.64. The van der Waals surface area contributed by atoms with Gasteiger partial charge in [0.15, 0.2) is 0 Å². The second kappa shape index (κ2) is 6.78. The van der Waals surface area contributed by atoms with E-state index in [1.807, 2.05) is 0 Å². The van der Waals surface area contributed by atoms with E-state index >= 15 is 0 Å².